The van der Waals surface area contributed by atoms with Crippen LogP contribution in [0.5, 0.6) is 0 Å². The van der Waals surface area contributed by atoms with Crippen LogP contribution in [0.3, 0.4) is 0 Å². The Hall–Kier alpha value is -1.79. The zero-order valence-corrected chi connectivity index (χ0v) is 14.6. The highest BCUT2D eigenvalue weighted by molar-refractivity contribution is 5.29. The molecule has 4 rings (SSSR count). The quantitative estimate of drug-likeness (QED) is 0.857. The first-order valence-corrected chi connectivity index (χ1v) is 8.83. The number of ether oxygens (including phenoxy) is 1. The van der Waals surface area contributed by atoms with Crippen LogP contribution in [0.2, 0.25) is 0 Å². The minimum absolute atomic E-state index is 0.484. The van der Waals surface area contributed by atoms with Gasteiger partial charge in [0.05, 0.1) is 11.4 Å². The van der Waals surface area contributed by atoms with Crippen molar-refractivity contribution in [3.63, 3.8) is 0 Å². The molecule has 0 spiro atoms. The molecule has 2 aromatic heterocycles. The largest absolute Gasteiger partial charge is 0.377 e. The third-order valence-electron chi connectivity index (χ3n) is 5.16. The third-order valence-corrected chi connectivity index (χ3v) is 5.16. The molecule has 24 heavy (non-hydrogen) atoms. The summed E-state index contributed by atoms with van der Waals surface area (Å²) < 4.78 is 7.23. The summed E-state index contributed by atoms with van der Waals surface area (Å²) in [6.07, 6.45) is 7.86. The molecule has 0 saturated carbocycles. The molecule has 1 aliphatic carbocycles. The number of hydrogen-bond acceptors (Lipinski definition) is 5. The summed E-state index contributed by atoms with van der Waals surface area (Å²) in [5.74, 6) is 0.783. The van der Waals surface area contributed by atoms with Crippen LogP contribution >= 0.6 is 0 Å². The van der Waals surface area contributed by atoms with Crippen molar-refractivity contribution in [3.8, 4) is 0 Å². The summed E-state index contributed by atoms with van der Waals surface area (Å²) >= 11 is 0. The molecular formula is C18H25N5O. The Morgan fingerprint density at radius 1 is 1.17 bits per heavy atom. The van der Waals surface area contributed by atoms with Crippen molar-refractivity contribution in [1.29, 1.82) is 0 Å². The molecule has 0 atom stereocenters. The second kappa shape index (κ2) is 6.61. The van der Waals surface area contributed by atoms with Crippen LogP contribution in [-0.2, 0) is 50.7 Å². The lowest BCUT2D eigenvalue weighted by Gasteiger charge is -2.28. The van der Waals surface area contributed by atoms with Crippen molar-refractivity contribution in [2.75, 3.05) is 13.7 Å². The zero-order valence-electron chi connectivity index (χ0n) is 14.6. The van der Waals surface area contributed by atoms with Crippen molar-refractivity contribution in [2.45, 2.75) is 51.8 Å². The molecule has 2 aliphatic rings. The van der Waals surface area contributed by atoms with E-state index in [9.17, 15) is 0 Å². The summed E-state index contributed by atoms with van der Waals surface area (Å²) in [7, 11) is 3.77. The Bertz CT molecular complexity index is 739. The number of nitrogens with zero attached hydrogens (tertiary/aromatic N) is 5. The molecule has 3 heterocycles. The number of aromatic nitrogens is 4. The predicted molar refractivity (Wildman–Crippen MR) is 90.4 cm³/mol. The monoisotopic (exact) mass is 327 g/mol. The lowest BCUT2D eigenvalue weighted by atomic mass is 9.95. The maximum absolute atomic E-state index is 5.13. The van der Waals surface area contributed by atoms with Gasteiger partial charge in [0, 0.05) is 57.7 Å². The molecule has 2 aromatic rings. The first kappa shape index (κ1) is 15.7. The van der Waals surface area contributed by atoms with Gasteiger partial charge in [0.15, 0.2) is 5.82 Å². The number of rotatable bonds is 4. The average molecular weight is 327 g/mol. The Balaban J connectivity index is 1.50. The van der Waals surface area contributed by atoms with Crippen LogP contribution in [0.4, 0.5) is 0 Å². The third kappa shape index (κ3) is 2.96. The van der Waals surface area contributed by atoms with E-state index in [1.54, 1.807) is 7.11 Å². The second-order valence-electron chi connectivity index (χ2n) is 6.85. The van der Waals surface area contributed by atoms with Gasteiger partial charge in [-0.05, 0) is 31.2 Å². The average Bonchev–Trinajstić information content (AvgIpc) is 2.91. The van der Waals surface area contributed by atoms with Gasteiger partial charge in [-0.3, -0.25) is 9.58 Å². The minimum Gasteiger partial charge on any atom is -0.377 e. The summed E-state index contributed by atoms with van der Waals surface area (Å²) in [6.45, 7) is 3.41. The summed E-state index contributed by atoms with van der Waals surface area (Å²) in [5.41, 5.74) is 6.65. The van der Waals surface area contributed by atoms with Crippen LogP contribution in [-0.4, -0.2) is 38.3 Å². The Labute approximate surface area is 142 Å². The van der Waals surface area contributed by atoms with Gasteiger partial charge in [-0.1, -0.05) is 0 Å². The van der Waals surface area contributed by atoms with Gasteiger partial charge in [0.2, 0.25) is 0 Å². The Morgan fingerprint density at radius 3 is 2.92 bits per heavy atom. The van der Waals surface area contributed by atoms with E-state index in [0.717, 1.165) is 38.3 Å². The van der Waals surface area contributed by atoms with E-state index in [4.69, 9.17) is 9.84 Å². The molecule has 0 bridgehead atoms. The van der Waals surface area contributed by atoms with Crippen LogP contribution in [0.25, 0.3) is 0 Å². The normalized spacial score (nSPS) is 17.6. The fourth-order valence-electron chi connectivity index (χ4n) is 3.91. The fraction of sp³-hybridized carbons (Fsp3) is 0.611. The Kier molecular flexibility index (Phi) is 4.33. The van der Waals surface area contributed by atoms with E-state index < -0.39 is 0 Å². The van der Waals surface area contributed by atoms with Crippen molar-refractivity contribution in [3.05, 3.63) is 40.2 Å². The van der Waals surface area contributed by atoms with Crippen LogP contribution < -0.4 is 0 Å². The molecule has 6 heteroatoms. The molecule has 128 valence electrons. The number of aryl methyl sites for hydroxylation is 2. The molecule has 6 nitrogen and oxygen atoms in total. The topological polar surface area (TPSA) is 56.1 Å². The van der Waals surface area contributed by atoms with Gasteiger partial charge in [-0.15, -0.1) is 0 Å². The van der Waals surface area contributed by atoms with Gasteiger partial charge < -0.3 is 4.74 Å². The van der Waals surface area contributed by atoms with Gasteiger partial charge in [-0.25, -0.2) is 9.97 Å². The van der Waals surface area contributed by atoms with Crippen molar-refractivity contribution in [1.82, 2.24) is 24.6 Å². The summed E-state index contributed by atoms with van der Waals surface area (Å²) in [5, 5.41) is 4.74. The van der Waals surface area contributed by atoms with Crippen LogP contribution in [0, 0.1) is 0 Å². The standard InChI is InChI=1S/C18H25N5O/c1-22-17(14-5-3-4-6-16(14)21-22)11-23-8-7-15-13(10-23)9-19-18(20-15)12-24-2/h9H,3-8,10-12H2,1-2H3. The Morgan fingerprint density at radius 2 is 2.04 bits per heavy atom. The van der Waals surface area contributed by atoms with E-state index in [0.29, 0.717) is 6.61 Å². The molecule has 0 fully saturated rings. The van der Waals surface area contributed by atoms with Gasteiger partial charge >= 0.3 is 0 Å². The van der Waals surface area contributed by atoms with Crippen molar-refractivity contribution >= 4 is 0 Å². The van der Waals surface area contributed by atoms with E-state index in [2.05, 4.69) is 26.6 Å². The maximum atomic E-state index is 5.13. The highest BCUT2D eigenvalue weighted by Crippen LogP contribution is 2.26. The molecule has 1 aliphatic heterocycles. The molecule has 0 saturated heterocycles. The van der Waals surface area contributed by atoms with E-state index >= 15 is 0 Å². The molecule has 0 amide bonds. The molecule has 0 N–H and O–H groups in total. The SMILES string of the molecule is COCc1ncc2c(n1)CCN(Cc1c3c(nn1C)CCCC3)C2. The molecule has 0 unspecified atom stereocenters. The highest BCUT2D eigenvalue weighted by atomic mass is 16.5. The number of methoxy groups -OCH3 is 1. The van der Waals surface area contributed by atoms with Crippen LogP contribution in [0.15, 0.2) is 6.20 Å². The second-order valence-corrected chi connectivity index (χ2v) is 6.85. The fourth-order valence-corrected chi connectivity index (χ4v) is 3.91. The van der Waals surface area contributed by atoms with Crippen molar-refractivity contribution < 1.29 is 4.74 Å². The maximum Gasteiger partial charge on any atom is 0.154 e. The zero-order chi connectivity index (χ0) is 16.5. The predicted octanol–water partition coefficient (Wildman–Crippen LogP) is 1.79. The lowest BCUT2D eigenvalue weighted by molar-refractivity contribution is 0.176. The smallest absolute Gasteiger partial charge is 0.154 e. The lowest BCUT2D eigenvalue weighted by Crippen LogP contribution is -2.32. The molecular weight excluding hydrogens is 302 g/mol. The summed E-state index contributed by atoms with van der Waals surface area (Å²) in [4.78, 5) is 11.6. The van der Waals surface area contributed by atoms with Gasteiger partial charge in [0.25, 0.3) is 0 Å². The van der Waals surface area contributed by atoms with E-state index in [1.807, 2.05) is 6.20 Å². The van der Waals surface area contributed by atoms with Gasteiger partial charge in [-0.2, -0.15) is 5.10 Å². The summed E-state index contributed by atoms with van der Waals surface area (Å²) in [6, 6.07) is 0. The minimum atomic E-state index is 0.484. The molecule has 0 aromatic carbocycles. The number of hydrogen-bond donors (Lipinski definition) is 0. The van der Waals surface area contributed by atoms with E-state index in [-0.39, 0.29) is 0 Å². The first-order valence-electron chi connectivity index (χ1n) is 8.83. The van der Waals surface area contributed by atoms with Gasteiger partial charge in [0.1, 0.15) is 6.61 Å². The van der Waals surface area contributed by atoms with Crippen LogP contribution in [0.1, 0.15) is 46.9 Å². The highest BCUT2D eigenvalue weighted by Gasteiger charge is 2.23. The van der Waals surface area contributed by atoms with E-state index in [1.165, 1.54) is 47.5 Å². The number of fused-ring (bicyclic) bond motifs is 2. The first-order chi connectivity index (χ1) is 11.7. The molecule has 0 radical (unpaired) electrons. The van der Waals surface area contributed by atoms with Crippen molar-refractivity contribution in [2.24, 2.45) is 7.05 Å².